The minimum atomic E-state index is -4.09. The lowest BCUT2D eigenvalue weighted by atomic mass is 9.91. The normalized spacial score (nSPS) is 28.9. The van der Waals surface area contributed by atoms with Gasteiger partial charge in [-0.05, 0) is 17.7 Å². The number of rotatable bonds is 7. The Morgan fingerprint density at radius 2 is 1.69 bits per heavy atom. The zero-order valence-electron chi connectivity index (χ0n) is 15.6. The van der Waals surface area contributed by atoms with E-state index in [1.165, 1.54) is 12.1 Å². The van der Waals surface area contributed by atoms with Crippen LogP contribution >= 0.6 is 0 Å². The lowest BCUT2D eigenvalue weighted by Crippen LogP contribution is -2.41. The van der Waals surface area contributed by atoms with Crippen LogP contribution in [0.15, 0.2) is 65.6 Å². The van der Waals surface area contributed by atoms with E-state index in [0.717, 1.165) is 5.56 Å². The molecule has 1 saturated heterocycles. The van der Waals surface area contributed by atoms with Gasteiger partial charge in [-0.2, -0.15) is 8.42 Å². The van der Waals surface area contributed by atoms with Crippen LogP contribution in [0.3, 0.4) is 0 Å². The Morgan fingerprint density at radius 3 is 2.38 bits per heavy atom. The smallest absolute Gasteiger partial charge is 0.306 e. The number of carbonyl (C=O) groups excluding carboxylic acids is 1. The van der Waals surface area contributed by atoms with Crippen LogP contribution in [0.5, 0.6) is 0 Å². The molecule has 1 saturated carbocycles. The monoisotopic (exact) mass is 418 g/mol. The molecule has 2 fully saturated rings. The number of benzene rings is 2. The first-order chi connectivity index (χ1) is 14.0. The maximum Gasteiger partial charge on any atom is 0.306 e. The maximum atomic E-state index is 12.7. The fraction of sp³-hybridized carbons (Fsp3) is 0.381. The Balaban J connectivity index is 1.53. The van der Waals surface area contributed by atoms with Gasteiger partial charge in [0.1, 0.15) is 6.10 Å². The molecule has 0 amide bonds. The van der Waals surface area contributed by atoms with Crippen molar-refractivity contribution in [1.29, 1.82) is 0 Å². The largest absolute Gasteiger partial charge is 0.457 e. The fourth-order valence-corrected chi connectivity index (χ4v) is 5.15. The summed E-state index contributed by atoms with van der Waals surface area (Å²) in [6, 6.07) is 17.3. The van der Waals surface area contributed by atoms with Crippen LogP contribution in [0.2, 0.25) is 0 Å². The van der Waals surface area contributed by atoms with Crippen molar-refractivity contribution in [2.45, 2.75) is 36.2 Å². The van der Waals surface area contributed by atoms with Crippen LogP contribution in [0, 0.1) is 11.8 Å². The minimum absolute atomic E-state index is 0.00226. The van der Waals surface area contributed by atoms with E-state index >= 15 is 0 Å². The number of hydrogen-bond donors (Lipinski definition) is 1. The molecule has 5 atom stereocenters. The molecular formula is C21H22O7S. The maximum absolute atomic E-state index is 12.7. The van der Waals surface area contributed by atoms with Crippen LogP contribution in [0.4, 0.5) is 0 Å². The molecule has 0 radical (unpaired) electrons. The molecule has 2 aromatic carbocycles. The number of fused-ring (bicyclic) bond motifs is 2. The van der Waals surface area contributed by atoms with Crippen LogP contribution < -0.4 is 0 Å². The Morgan fingerprint density at radius 1 is 1.03 bits per heavy atom. The quantitative estimate of drug-likeness (QED) is 0.542. The molecule has 1 aliphatic heterocycles. The number of aliphatic hydroxyl groups excluding tert-OH is 1. The second kappa shape index (κ2) is 8.23. The van der Waals surface area contributed by atoms with Gasteiger partial charge in [-0.1, -0.05) is 48.5 Å². The SMILES string of the molecule is O=C1C[C@@H]2[C@H](COCc3ccccc3)[C@@H](OS(=O)(=O)c3ccccc3)C(O1)[C@H]2O. The van der Waals surface area contributed by atoms with Crippen molar-refractivity contribution in [2.24, 2.45) is 11.8 Å². The molecule has 7 nitrogen and oxygen atoms in total. The second-order valence-electron chi connectivity index (χ2n) is 7.31. The van der Waals surface area contributed by atoms with Crippen molar-refractivity contribution in [3.05, 3.63) is 66.2 Å². The minimum Gasteiger partial charge on any atom is -0.457 e. The van der Waals surface area contributed by atoms with Gasteiger partial charge in [0.05, 0.1) is 30.6 Å². The standard InChI is InChI=1S/C21H22O7S/c22-18-11-16-17(13-26-12-14-7-3-1-4-8-14)20(21(27-18)19(16)23)28-29(24,25)15-9-5-2-6-10-15/h1-10,16-17,19-21,23H,11-13H2/t16-,17+,19+,20-,21?/m1/s1. The highest BCUT2D eigenvalue weighted by atomic mass is 32.2. The van der Waals surface area contributed by atoms with Gasteiger partial charge in [-0.25, -0.2) is 0 Å². The van der Waals surface area contributed by atoms with Crippen molar-refractivity contribution >= 4 is 16.1 Å². The highest BCUT2D eigenvalue weighted by molar-refractivity contribution is 7.86. The molecule has 1 aliphatic carbocycles. The summed E-state index contributed by atoms with van der Waals surface area (Å²) in [7, 11) is -4.09. The summed E-state index contributed by atoms with van der Waals surface area (Å²) in [4.78, 5) is 11.9. The predicted octanol–water partition coefficient (Wildman–Crippen LogP) is 1.90. The molecule has 2 aliphatic rings. The summed E-state index contributed by atoms with van der Waals surface area (Å²) in [5.41, 5.74) is 0.968. The van der Waals surface area contributed by atoms with E-state index < -0.39 is 46.2 Å². The van der Waals surface area contributed by atoms with Crippen molar-refractivity contribution in [3.8, 4) is 0 Å². The average molecular weight is 418 g/mol. The van der Waals surface area contributed by atoms with Crippen molar-refractivity contribution in [3.63, 3.8) is 0 Å². The van der Waals surface area contributed by atoms with Gasteiger partial charge in [0.25, 0.3) is 10.1 Å². The van der Waals surface area contributed by atoms with E-state index in [4.69, 9.17) is 13.7 Å². The van der Waals surface area contributed by atoms with Crippen LogP contribution in [-0.2, 0) is 35.2 Å². The number of esters is 1. The van der Waals surface area contributed by atoms with Crippen LogP contribution in [-0.4, -0.2) is 44.4 Å². The third-order valence-corrected chi connectivity index (χ3v) is 6.76. The summed E-state index contributed by atoms with van der Waals surface area (Å²) >= 11 is 0. The van der Waals surface area contributed by atoms with Gasteiger partial charge < -0.3 is 14.6 Å². The first-order valence-corrected chi connectivity index (χ1v) is 10.8. The molecule has 0 spiro atoms. The summed E-state index contributed by atoms with van der Waals surface area (Å²) in [6.45, 7) is 0.469. The van der Waals surface area contributed by atoms with E-state index in [1.807, 2.05) is 30.3 Å². The zero-order chi connectivity index (χ0) is 20.4. The highest BCUT2D eigenvalue weighted by Gasteiger charge is 2.58. The molecule has 2 aromatic rings. The molecule has 154 valence electrons. The van der Waals surface area contributed by atoms with E-state index in [0.29, 0.717) is 6.61 Å². The molecule has 4 rings (SSSR count). The lowest BCUT2D eigenvalue weighted by molar-refractivity contribution is -0.167. The van der Waals surface area contributed by atoms with E-state index in [9.17, 15) is 18.3 Å². The first-order valence-electron chi connectivity index (χ1n) is 9.43. The zero-order valence-corrected chi connectivity index (χ0v) is 16.4. The van der Waals surface area contributed by atoms with Gasteiger partial charge in [-0.3, -0.25) is 8.98 Å². The summed E-state index contributed by atoms with van der Waals surface area (Å²) in [5, 5.41) is 10.5. The molecule has 29 heavy (non-hydrogen) atoms. The highest BCUT2D eigenvalue weighted by Crippen LogP contribution is 2.43. The predicted molar refractivity (Wildman–Crippen MR) is 102 cm³/mol. The Hall–Kier alpha value is -2.26. The number of hydrogen-bond acceptors (Lipinski definition) is 7. The molecule has 2 bridgehead atoms. The molecular weight excluding hydrogens is 396 g/mol. The Kier molecular flexibility index (Phi) is 5.69. The van der Waals surface area contributed by atoms with Gasteiger partial charge in [-0.15, -0.1) is 0 Å². The average Bonchev–Trinajstić information content (AvgIpc) is 2.86. The number of carbonyl (C=O) groups is 1. The van der Waals surface area contributed by atoms with E-state index in [1.54, 1.807) is 18.2 Å². The topological polar surface area (TPSA) is 99.1 Å². The third-order valence-electron chi connectivity index (χ3n) is 5.43. The van der Waals surface area contributed by atoms with Gasteiger partial charge in [0, 0.05) is 11.8 Å². The fourth-order valence-electron chi connectivity index (χ4n) is 4.00. The van der Waals surface area contributed by atoms with E-state index in [2.05, 4.69) is 0 Å². The number of ether oxygens (including phenoxy) is 2. The molecule has 1 N–H and O–H groups in total. The molecule has 8 heteroatoms. The Labute approximate surface area is 169 Å². The summed E-state index contributed by atoms with van der Waals surface area (Å²) in [5.74, 6) is -1.45. The lowest BCUT2D eigenvalue weighted by Gasteiger charge is -2.26. The molecule has 1 heterocycles. The molecule has 1 unspecified atom stereocenters. The van der Waals surface area contributed by atoms with E-state index in [-0.39, 0.29) is 17.9 Å². The van der Waals surface area contributed by atoms with Gasteiger partial charge in [0.2, 0.25) is 0 Å². The Bertz CT molecular complexity index is 946. The van der Waals surface area contributed by atoms with Gasteiger partial charge in [0.15, 0.2) is 6.10 Å². The van der Waals surface area contributed by atoms with Crippen molar-refractivity contribution in [2.75, 3.05) is 6.61 Å². The summed E-state index contributed by atoms with van der Waals surface area (Å²) in [6.07, 6.45) is -3.04. The third kappa shape index (κ3) is 4.20. The first kappa shape index (κ1) is 20.0. The summed E-state index contributed by atoms with van der Waals surface area (Å²) < 4.78 is 42.0. The van der Waals surface area contributed by atoms with Crippen LogP contribution in [0.25, 0.3) is 0 Å². The van der Waals surface area contributed by atoms with Gasteiger partial charge >= 0.3 is 5.97 Å². The van der Waals surface area contributed by atoms with Crippen LogP contribution in [0.1, 0.15) is 12.0 Å². The molecule has 0 aromatic heterocycles. The second-order valence-corrected chi connectivity index (χ2v) is 8.88. The van der Waals surface area contributed by atoms with Crippen molar-refractivity contribution in [1.82, 2.24) is 0 Å². The number of aliphatic hydroxyl groups is 1. The van der Waals surface area contributed by atoms with Crippen molar-refractivity contribution < 1.29 is 32.0 Å².